The Morgan fingerprint density at radius 3 is 2.38 bits per heavy atom. The van der Waals surface area contributed by atoms with Crippen LogP contribution in [0.2, 0.25) is 0 Å². The van der Waals surface area contributed by atoms with Crippen molar-refractivity contribution in [3.05, 3.63) is 54.4 Å². The topological polar surface area (TPSA) is 84.0 Å². The molecule has 34 heavy (non-hydrogen) atoms. The number of amides is 2. The Morgan fingerprint density at radius 1 is 1.15 bits per heavy atom. The van der Waals surface area contributed by atoms with Crippen LogP contribution >= 0.6 is 0 Å². The highest BCUT2D eigenvalue weighted by Gasteiger charge is 2.16. The summed E-state index contributed by atoms with van der Waals surface area (Å²) in [5.41, 5.74) is 0.749. The molecular weight excluding hydrogens is 442 g/mol. The maximum atomic E-state index is 14.9. The number of urea groups is 1. The fourth-order valence-corrected chi connectivity index (χ4v) is 2.96. The average molecular weight is 475 g/mol. The molecule has 184 valence electrons. The number of hydrogen-bond donors (Lipinski definition) is 3. The highest BCUT2D eigenvalue weighted by molar-refractivity contribution is 5.90. The fourth-order valence-electron chi connectivity index (χ4n) is 2.96. The minimum atomic E-state index is -1.35. The number of carbonyl (C=O) groups excluding carboxylic acids is 1. The van der Waals surface area contributed by atoms with Gasteiger partial charge in [0.15, 0.2) is 0 Å². The number of aliphatic imine (C=N–C) groups is 1. The lowest BCUT2D eigenvalue weighted by molar-refractivity contribution is 0.146. The minimum Gasteiger partial charge on any atom is -0.491 e. The summed E-state index contributed by atoms with van der Waals surface area (Å²) in [6, 6.07) is 9.29. The average Bonchev–Trinajstić information content (AvgIpc) is 2.74. The number of benzene rings is 2. The molecule has 0 spiro atoms. The highest BCUT2D eigenvalue weighted by Crippen LogP contribution is 2.33. The minimum absolute atomic E-state index is 0.215. The van der Waals surface area contributed by atoms with Gasteiger partial charge in [-0.1, -0.05) is 6.58 Å². The Kier molecular flexibility index (Phi) is 10.0. The van der Waals surface area contributed by atoms with Gasteiger partial charge in [-0.2, -0.15) is 0 Å². The summed E-state index contributed by atoms with van der Waals surface area (Å²) < 4.78 is 38.9. The van der Waals surface area contributed by atoms with Crippen molar-refractivity contribution in [3.8, 4) is 5.75 Å². The second-order valence-electron chi connectivity index (χ2n) is 8.06. The van der Waals surface area contributed by atoms with Gasteiger partial charge in [-0.25, -0.2) is 13.6 Å². The standard InChI is InChI=1S/C25H32F2N4O3/c1-6-28-22-16-20(34-14-13-33-5)15-21(26)23(22)17(2)30-18-7-9-19(10-8-18)31-24(32)29-12-11-25(3,4)27/h6-10,15-16,30H,2,11-14H2,1,3-5H3,(H2,29,31,32). The molecule has 0 aliphatic rings. The SMILES string of the molecule is C=C(Nc1ccc(NC(=O)NCCC(C)(C)F)cc1)c1c(F)cc(OCCOC)cc1N=CC. The van der Waals surface area contributed by atoms with Crippen LogP contribution in [0.4, 0.5) is 30.6 Å². The monoisotopic (exact) mass is 474 g/mol. The molecule has 0 bridgehead atoms. The van der Waals surface area contributed by atoms with E-state index in [2.05, 4.69) is 27.5 Å². The summed E-state index contributed by atoms with van der Waals surface area (Å²) in [5.74, 6) is -0.185. The molecule has 2 rings (SSSR count). The number of halogens is 2. The van der Waals surface area contributed by atoms with Crippen LogP contribution < -0.4 is 20.7 Å². The quantitative estimate of drug-likeness (QED) is 0.264. The maximum absolute atomic E-state index is 14.9. The van der Waals surface area contributed by atoms with Crippen molar-refractivity contribution in [1.82, 2.24) is 5.32 Å². The maximum Gasteiger partial charge on any atom is 0.319 e. The number of alkyl halides is 1. The van der Waals surface area contributed by atoms with E-state index in [-0.39, 0.29) is 25.1 Å². The van der Waals surface area contributed by atoms with Gasteiger partial charge >= 0.3 is 6.03 Å². The Morgan fingerprint density at radius 2 is 1.79 bits per heavy atom. The van der Waals surface area contributed by atoms with Gasteiger partial charge in [0.1, 0.15) is 23.8 Å². The molecule has 2 amide bonds. The van der Waals surface area contributed by atoms with Crippen LogP contribution in [0.5, 0.6) is 5.75 Å². The molecular formula is C25H32F2N4O3. The number of carbonyl (C=O) groups is 1. The van der Waals surface area contributed by atoms with Gasteiger partial charge < -0.3 is 25.4 Å². The summed E-state index contributed by atoms with van der Waals surface area (Å²) in [6.45, 7) is 9.50. The van der Waals surface area contributed by atoms with Crippen LogP contribution in [-0.4, -0.2) is 44.8 Å². The molecule has 2 aromatic carbocycles. The molecule has 0 aliphatic carbocycles. The fraction of sp³-hybridized carbons (Fsp3) is 0.360. The molecule has 0 aliphatic heterocycles. The van der Waals surface area contributed by atoms with Crippen LogP contribution in [0.25, 0.3) is 5.70 Å². The third-order valence-corrected chi connectivity index (χ3v) is 4.61. The molecule has 0 radical (unpaired) electrons. The first-order chi connectivity index (χ1) is 16.1. The molecule has 0 saturated heterocycles. The van der Waals surface area contributed by atoms with E-state index in [1.165, 1.54) is 19.9 Å². The third-order valence-electron chi connectivity index (χ3n) is 4.61. The van der Waals surface area contributed by atoms with E-state index in [9.17, 15) is 13.6 Å². The smallest absolute Gasteiger partial charge is 0.319 e. The van der Waals surface area contributed by atoms with E-state index in [0.29, 0.717) is 35.1 Å². The van der Waals surface area contributed by atoms with Crippen molar-refractivity contribution < 1.29 is 23.0 Å². The third kappa shape index (κ3) is 8.82. The summed E-state index contributed by atoms with van der Waals surface area (Å²) in [6.07, 6.45) is 1.77. The van der Waals surface area contributed by atoms with Crippen molar-refractivity contribution in [3.63, 3.8) is 0 Å². The lowest BCUT2D eigenvalue weighted by Crippen LogP contribution is -2.32. The molecule has 3 N–H and O–H groups in total. The van der Waals surface area contributed by atoms with Gasteiger partial charge in [0.2, 0.25) is 0 Å². The molecule has 0 aromatic heterocycles. The van der Waals surface area contributed by atoms with Gasteiger partial charge in [-0.3, -0.25) is 4.99 Å². The van der Waals surface area contributed by atoms with Crippen molar-refractivity contribution in [1.29, 1.82) is 0 Å². The Balaban J connectivity index is 2.04. The lowest BCUT2D eigenvalue weighted by Gasteiger charge is -2.16. The van der Waals surface area contributed by atoms with Crippen LogP contribution in [0.3, 0.4) is 0 Å². The lowest BCUT2D eigenvalue weighted by atomic mass is 10.1. The number of nitrogens with one attached hydrogen (secondary N) is 3. The number of methoxy groups -OCH3 is 1. The molecule has 0 fully saturated rings. The molecule has 0 unspecified atom stereocenters. The van der Waals surface area contributed by atoms with Crippen molar-refractivity contribution >= 4 is 35.0 Å². The van der Waals surface area contributed by atoms with Gasteiger partial charge in [0.05, 0.1) is 17.9 Å². The van der Waals surface area contributed by atoms with E-state index < -0.39 is 17.5 Å². The van der Waals surface area contributed by atoms with Crippen LogP contribution in [-0.2, 0) is 4.74 Å². The summed E-state index contributed by atoms with van der Waals surface area (Å²) in [5, 5.41) is 8.35. The van der Waals surface area contributed by atoms with E-state index in [4.69, 9.17) is 9.47 Å². The second-order valence-corrected chi connectivity index (χ2v) is 8.06. The number of ether oxygens (including phenoxy) is 2. The Bertz CT molecular complexity index is 1000. The van der Waals surface area contributed by atoms with Gasteiger partial charge in [0.25, 0.3) is 0 Å². The summed E-state index contributed by atoms with van der Waals surface area (Å²) in [4.78, 5) is 16.2. The zero-order valence-corrected chi connectivity index (χ0v) is 20.0. The largest absolute Gasteiger partial charge is 0.491 e. The van der Waals surface area contributed by atoms with E-state index >= 15 is 0 Å². The van der Waals surface area contributed by atoms with Crippen LogP contribution in [0.1, 0.15) is 32.8 Å². The van der Waals surface area contributed by atoms with Gasteiger partial charge in [0, 0.05) is 49.1 Å². The van der Waals surface area contributed by atoms with E-state index in [1.807, 2.05) is 0 Å². The number of rotatable bonds is 12. The molecule has 0 atom stereocenters. The second kappa shape index (κ2) is 12.7. The van der Waals surface area contributed by atoms with Gasteiger partial charge in [-0.05, 0) is 51.5 Å². The first-order valence-electron chi connectivity index (χ1n) is 10.9. The zero-order chi connectivity index (χ0) is 25.1. The summed E-state index contributed by atoms with van der Waals surface area (Å²) >= 11 is 0. The molecule has 9 heteroatoms. The zero-order valence-electron chi connectivity index (χ0n) is 20.0. The van der Waals surface area contributed by atoms with Crippen molar-refractivity contribution in [2.75, 3.05) is 37.5 Å². The molecule has 2 aromatic rings. The van der Waals surface area contributed by atoms with Crippen LogP contribution in [0, 0.1) is 5.82 Å². The van der Waals surface area contributed by atoms with Gasteiger partial charge in [-0.15, -0.1) is 0 Å². The summed E-state index contributed by atoms with van der Waals surface area (Å²) in [7, 11) is 1.56. The number of hydrogen-bond acceptors (Lipinski definition) is 5. The number of anilines is 2. The first-order valence-corrected chi connectivity index (χ1v) is 10.9. The predicted octanol–water partition coefficient (Wildman–Crippen LogP) is 5.92. The first kappa shape index (κ1) is 26.8. The normalized spacial score (nSPS) is 11.4. The Labute approximate surface area is 199 Å². The van der Waals surface area contributed by atoms with E-state index in [1.54, 1.807) is 50.6 Å². The highest BCUT2D eigenvalue weighted by atomic mass is 19.1. The molecule has 0 heterocycles. The van der Waals surface area contributed by atoms with E-state index in [0.717, 1.165) is 0 Å². The molecule has 7 nitrogen and oxygen atoms in total. The number of nitrogens with zero attached hydrogens (tertiary/aromatic N) is 1. The predicted molar refractivity (Wildman–Crippen MR) is 134 cm³/mol. The molecule has 0 saturated carbocycles. The van der Waals surface area contributed by atoms with Crippen molar-refractivity contribution in [2.24, 2.45) is 4.99 Å². The van der Waals surface area contributed by atoms with Crippen LogP contribution in [0.15, 0.2) is 48.0 Å². The van der Waals surface area contributed by atoms with Crippen molar-refractivity contribution in [2.45, 2.75) is 32.9 Å². The Hall–Kier alpha value is -3.46.